The van der Waals surface area contributed by atoms with E-state index in [2.05, 4.69) is 22.2 Å². The number of anilines is 1. The van der Waals surface area contributed by atoms with Gasteiger partial charge in [-0.05, 0) is 19.8 Å². The molecular formula is C12H19N3O. The highest BCUT2D eigenvalue weighted by Gasteiger charge is 2.26. The summed E-state index contributed by atoms with van der Waals surface area (Å²) in [7, 11) is 0. The van der Waals surface area contributed by atoms with Crippen molar-refractivity contribution in [3.05, 3.63) is 18.1 Å². The summed E-state index contributed by atoms with van der Waals surface area (Å²) in [6.45, 7) is 5.99. The molecule has 1 saturated heterocycles. The number of ether oxygens (including phenoxy) is 1. The standard InChI is InChI=1S/C12H19N3O/c1-3-11-10(4-5-16-11)7-13-12-6-9(2)14-8-15-12/h6,8,10-11H,3-5,7H2,1-2H3,(H,13,14,15). The molecule has 1 N–H and O–H groups in total. The van der Waals surface area contributed by atoms with Crippen molar-refractivity contribution in [3.63, 3.8) is 0 Å². The summed E-state index contributed by atoms with van der Waals surface area (Å²) in [5, 5.41) is 3.36. The molecule has 16 heavy (non-hydrogen) atoms. The van der Waals surface area contributed by atoms with Gasteiger partial charge in [0.25, 0.3) is 0 Å². The van der Waals surface area contributed by atoms with Gasteiger partial charge in [-0.25, -0.2) is 9.97 Å². The molecule has 1 aliphatic heterocycles. The molecule has 0 radical (unpaired) electrons. The zero-order chi connectivity index (χ0) is 11.4. The fraction of sp³-hybridized carbons (Fsp3) is 0.667. The number of nitrogens with zero attached hydrogens (tertiary/aromatic N) is 2. The van der Waals surface area contributed by atoms with Crippen LogP contribution in [0.15, 0.2) is 12.4 Å². The average Bonchev–Trinajstić information content (AvgIpc) is 2.74. The zero-order valence-corrected chi connectivity index (χ0v) is 9.94. The maximum Gasteiger partial charge on any atom is 0.129 e. The minimum Gasteiger partial charge on any atom is -0.378 e. The molecule has 2 atom stereocenters. The second-order valence-electron chi connectivity index (χ2n) is 4.29. The number of hydrogen-bond donors (Lipinski definition) is 1. The van der Waals surface area contributed by atoms with Crippen LogP contribution in [-0.2, 0) is 4.74 Å². The van der Waals surface area contributed by atoms with Crippen LogP contribution in [-0.4, -0.2) is 29.2 Å². The number of aryl methyl sites for hydroxylation is 1. The third kappa shape index (κ3) is 2.70. The first-order valence-corrected chi connectivity index (χ1v) is 5.93. The van der Waals surface area contributed by atoms with Crippen molar-refractivity contribution in [2.45, 2.75) is 32.8 Å². The predicted octanol–water partition coefficient (Wildman–Crippen LogP) is 2.01. The molecule has 0 spiro atoms. The molecule has 4 nitrogen and oxygen atoms in total. The van der Waals surface area contributed by atoms with Crippen molar-refractivity contribution < 1.29 is 4.74 Å². The van der Waals surface area contributed by atoms with E-state index in [1.54, 1.807) is 6.33 Å². The molecule has 4 heteroatoms. The van der Waals surface area contributed by atoms with Gasteiger partial charge in [0.1, 0.15) is 12.1 Å². The molecule has 1 aliphatic rings. The van der Waals surface area contributed by atoms with E-state index in [-0.39, 0.29) is 0 Å². The van der Waals surface area contributed by atoms with Gasteiger partial charge in [-0.3, -0.25) is 0 Å². The van der Waals surface area contributed by atoms with E-state index in [1.807, 2.05) is 13.0 Å². The summed E-state index contributed by atoms with van der Waals surface area (Å²) in [4.78, 5) is 8.26. The summed E-state index contributed by atoms with van der Waals surface area (Å²) in [5.74, 6) is 1.52. The van der Waals surface area contributed by atoms with E-state index in [0.29, 0.717) is 12.0 Å². The highest BCUT2D eigenvalue weighted by Crippen LogP contribution is 2.23. The molecule has 88 valence electrons. The van der Waals surface area contributed by atoms with Crippen LogP contribution < -0.4 is 5.32 Å². The lowest BCUT2D eigenvalue weighted by molar-refractivity contribution is 0.0900. The highest BCUT2D eigenvalue weighted by molar-refractivity contribution is 5.34. The predicted molar refractivity (Wildman–Crippen MR) is 63.4 cm³/mol. The third-order valence-electron chi connectivity index (χ3n) is 3.10. The topological polar surface area (TPSA) is 47.0 Å². The molecule has 2 heterocycles. The lowest BCUT2D eigenvalue weighted by Gasteiger charge is -2.17. The Hall–Kier alpha value is -1.16. The lowest BCUT2D eigenvalue weighted by Crippen LogP contribution is -2.23. The fourth-order valence-electron chi connectivity index (χ4n) is 2.16. The van der Waals surface area contributed by atoms with Gasteiger partial charge in [-0.1, -0.05) is 6.92 Å². The van der Waals surface area contributed by atoms with Gasteiger partial charge in [-0.15, -0.1) is 0 Å². The molecule has 0 saturated carbocycles. The largest absolute Gasteiger partial charge is 0.378 e. The first kappa shape index (κ1) is 11.3. The second kappa shape index (κ2) is 5.25. The second-order valence-corrected chi connectivity index (χ2v) is 4.29. The molecule has 0 bridgehead atoms. The van der Waals surface area contributed by atoms with Gasteiger partial charge in [0.05, 0.1) is 6.10 Å². The molecular weight excluding hydrogens is 202 g/mol. The summed E-state index contributed by atoms with van der Waals surface area (Å²) in [5.41, 5.74) is 0.993. The number of rotatable bonds is 4. The Balaban J connectivity index is 1.87. The quantitative estimate of drug-likeness (QED) is 0.845. The summed E-state index contributed by atoms with van der Waals surface area (Å²) in [6, 6.07) is 1.97. The van der Waals surface area contributed by atoms with Gasteiger partial charge in [0.2, 0.25) is 0 Å². The molecule has 2 unspecified atom stereocenters. The summed E-state index contributed by atoms with van der Waals surface area (Å²) >= 11 is 0. The van der Waals surface area contributed by atoms with Crippen LogP contribution in [0.25, 0.3) is 0 Å². The first-order valence-electron chi connectivity index (χ1n) is 5.93. The summed E-state index contributed by atoms with van der Waals surface area (Å²) < 4.78 is 5.65. The molecule has 0 aliphatic carbocycles. The van der Waals surface area contributed by atoms with Crippen LogP contribution in [0.5, 0.6) is 0 Å². The van der Waals surface area contributed by atoms with Crippen LogP contribution in [0.1, 0.15) is 25.5 Å². The van der Waals surface area contributed by atoms with Crippen LogP contribution in [0.3, 0.4) is 0 Å². The van der Waals surface area contributed by atoms with E-state index < -0.39 is 0 Å². The molecule has 0 aromatic carbocycles. The maximum atomic E-state index is 5.65. The monoisotopic (exact) mass is 221 g/mol. The first-order chi connectivity index (χ1) is 7.79. The Kier molecular flexibility index (Phi) is 3.72. The lowest BCUT2D eigenvalue weighted by atomic mass is 10.00. The number of hydrogen-bond acceptors (Lipinski definition) is 4. The minimum absolute atomic E-state index is 0.412. The molecule has 1 fully saturated rings. The number of aromatic nitrogens is 2. The number of nitrogens with one attached hydrogen (secondary N) is 1. The van der Waals surface area contributed by atoms with E-state index in [4.69, 9.17) is 4.74 Å². The van der Waals surface area contributed by atoms with Crippen molar-refractivity contribution in [2.24, 2.45) is 5.92 Å². The normalized spacial score (nSPS) is 24.6. The summed E-state index contributed by atoms with van der Waals surface area (Å²) in [6.07, 6.45) is 4.25. The molecule has 1 aromatic heterocycles. The van der Waals surface area contributed by atoms with Crippen LogP contribution in [0.4, 0.5) is 5.82 Å². The van der Waals surface area contributed by atoms with Crippen molar-refractivity contribution >= 4 is 5.82 Å². The Bertz CT molecular complexity index is 343. The Morgan fingerprint density at radius 3 is 3.12 bits per heavy atom. The average molecular weight is 221 g/mol. The van der Waals surface area contributed by atoms with E-state index >= 15 is 0 Å². The van der Waals surface area contributed by atoms with Crippen LogP contribution in [0.2, 0.25) is 0 Å². The van der Waals surface area contributed by atoms with Gasteiger partial charge in [-0.2, -0.15) is 0 Å². The molecule has 2 rings (SSSR count). The SMILES string of the molecule is CCC1OCCC1CNc1cc(C)ncn1. The van der Waals surface area contributed by atoms with Crippen LogP contribution in [0, 0.1) is 12.8 Å². The Morgan fingerprint density at radius 1 is 1.50 bits per heavy atom. The van der Waals surface area contributed by atoms with Gasteiger partial charge in [0, 0.05) is 30.8 Å². The maximum absolute atomic E-state index is 5.65. The third-order valence-corrected chi connectivity index (χ3v) is 3.10. The van der Waals surface area contributed by atoms with Gasteiger partial charge >= 0.3 is 0 Å². The van der Waals surface area contributed by atoms with E-state index in [9.17, 15) is 0 Å². The van der Waals surface area contributed by atoms with Crippen molar-refractivity contribution in [2.75, 3.05) is 18.5 Å². The van der Waals surface area contributed by atoms with Crippen LogP contribution >= 0.6 is 0 Å². The smallest absolute Gasteiger partial charge is 0.129 e. The molecule has 1 aromatic rings. The van der Waals surface area contributed by atoms with Crippen molar-refractivity contribution in [3.8, 4) is 0 Å². The minimum atomic E-state index is 0.412. The van der Waals surface area contributed by atoms with Crippen molar-refractivity contribution in [1.29, 1.82) is 0 Å². The van der Waals surface area contributed by atoms with Crippen molar-refractivity contribution in [1.82, 2.24) is 9.97 Å². The Morgan fingerprint density at radius 2 is 2.38 bits per heavy atom. The van der Waals surface area contributed by atoms with E-state index in [1.165, 1.54) is 0 Å². The van der Waals surface area contributed by atoms with Gasteiger partial charge in [0.15, 0.2) is 0 Å². The molecule has 0 amide bonds. The zero-order valence-electron chi connectivity index (χ0n) is 9.94. The fourth-order valence-corrected chi connectivity index (χ4v) is 2.16. The highest BCUT2D eigenvalue weighted by atomic mass is 16.5. The van der Waals surface area contributed by atoms with E-state index in [0.717, 1.165) is 37.5 Å². The van der Waals surface area contributed by atoms with Gasteiger partial charge < -0.3 is 10.1 Å². The Labute approximate surface area is 96.4 Å².